The van der Waals surface area contributed by atoms with E-state index in [1.807, 2.05) is 18.7 Å². The van der Waals surface area contributed by atoms with Crippen LogP contribution in [0.4, 0.5) is 20.2 Å². The van der Waals surface area contributed by atoms with Crippen molar-refractivity contribution in [1.82, 2.24) is 0 Å². The molecule has 0 spiro atoms. The number of hydrogen-bond donors (Lipinski definition) is 0. The van der Waals surface area contributed by atoms with E-state index >= 15 is 0 Å². The van der Waals surface area contributed by atoms with E-state index in [-0.39, 0.29) is 29.6 Å². The summed E-state index contributed by atoms with van der Waals surface area (Å²) in [5.41, 5.74) is 3.29. The van der Waals surface area contributed by atoms with E-state index in [1.54, 1.807) is 65.8 Å². The smallest absolute Gasteiger partial charge is 0.329 e. The molecular weight excluding hydrogens is 372 g/mol. The lowest BCUT2D eigenvalue weighted by Crippen LogP contribution is -2.44. The molecule has 0 aromatic heterocycles. The van der Waals surface area contributed by atoms with Crippen molar-refractivity contribution in [1.29, 1.82) is 0 Å². The molecule has 0 aliphatic heterocycles. The molecule has 1 unspecified atom stereocenters. The van der Waals surface area contributed by atoms with Gasteiger partial charge in [0.15, 0.2) is 0 Å². The Balaban J connectivity index is 2.75. The minimum Gasteiger partial charge on any atom is -0.461 e. The zero-order chi connectivity index (χ0) is 22.0. The summed E-state index contributed by atoms with van der Waals surface area (Å²) < 4.78 is 34.1. The van der Waals surface area contributed by atoms with Crippen LogP contribution in [0.25, 0.3) is 0 Å². The largest absolute Gasteiger partial charge is 0.461 e. The number of carbonyl (C=O) groups is 1. The molecule has 0 bridgehead atoms. The summed E-state index contributed by atoms with van der Waals surface area (Å²) in [5.74, 6) is -1.01. The number of carbonyl (C=O) groups excluding carboxylic acids is 1. The Morgan fingerprint density at radius 3 is 1.41 bits per heavy atom. The number of hydrogen-bond acceptors (Lipinski definition) is 3. The molecular formula is C24H31F2NO2. The SMILES string of the molecule is Cc1cc(N(c2cc(C)c(F)c(C)c2)C(C(=O)OC(C)C)C(C)C)cc(C)c1F. The highest BCUT2D eigenvalue weighted by Crippen LogP contribution is 2.35. The molecule has 1 atom stereocenters. The van der Waals surface area contributed by atoms with Crippen LogP contribution in [0.3, 0.4) is 0 Å². The first-order valence-electron chi connectivity index (χ1n) is 9.97. The fraction of sp³-hybridized carbons (Fsp3) is 0.458. The Morgan fingerprint density at radius 2 is 1.14 bits per heavy atom. The molecule has 0 fully saturated rings. The van der Waals surface area contributed by atoms with Crippen LogP contribution in [0.2, 0.25) is 0 Å². The molecule has 3 nitrogen and oxygen atoms in total. The van der Waals surface area contributed by atoms with Crippen molar-refractivity contribution in [2.45, 2.75) is 67.5 Å². The third-order valence-corrected chi connectivity index (χ3v) is 4.90. The van der Waals surface area contributed by atoms with Crippen LogP contribution in [0, 0.1) is 45.2 Å². The summed E-state index contributed by atoms with van der Waals surface area (Å²) in [6.07, 6.45) is -0.265. The van der Waals surface area contributed by atoms with Gasteiger partial charge in [-0.15, -0.1) is 0 Å². The van der Waals surface area contributed by atoms with Crippen LogP contribution < -0.4 is 4.90 Å². The molecule has 5 heteroatoms. The van der Waals surface area contributed by atoms with Crippen LogP contribution in [0.1, 0.15) is 49.9 Å². The van der Waals surface area contributed by atoms with Gasteiger partial charge in [0.25, 0.3) is 0 Å². The van der Waals surface area contributed by atoms with Gasteiger partial charge in [0.1, 0.15) is 17.7 Å². The van der Waals surface area contributed by atoms with Crippen molar-refractivity contribution in [2.24, 2.45) is 5.92 Å². The average Bonchev–Trinajstić information content (AvgIpc) is 2.60. The van der Waals surface area contributed by atoms with Crippen LogP contribution in [-0.4, -0.2) is 18.1 Å². The van der Waals surface area contributed by atoms with Crippen LogP contribution >= 0.6 is 0 Å². The van der Waals surface area contributed by atoms with Gasteiger partial charge in [-0.2, -0.15) is 0 Å². The minimum atomic E-state index is -0.647. The number of benzene rings is 2. The van der Waals surface area contributed by atoms with Gasteiger partial charge in [0, 0.05) is 11.4 Å². The molecule has 29 heavy (non-hydrogen) atoms. The Bertz CT molecular complexity index is 802. The second-order valence-corrected chi connectivity index (χ2v) is 8.33. The topological polar surface area (TPSA) is 29.5 Å². The Kier molecular flexibility index (Phi) is 7.04. The van der Waals surface area contributed by atoms with Crippen molar-refractivity contribution in [2.75, 3.05) is 4.90 Å². The zero-order valence-electron chi connectivity index (χ0n) is 18.6. The summed E-state index contributed by atoms with van der Waals surface area (Å²) in [4.78, 5) is 14.9. The van der Waals surface area contributed by atoms with Crippen LogP contribution in [0.5, 0.6) is 0 Å². The molecule has 2 aromatic rings. The number of rotatable bonds is 6. The van der Waals surface area contributed by atoms with Crippen molar-refractivity contribution in [3.8, 4) is 0 Å². The Labute approximate surface area is 172 Å². The maximum absolute atomic E-state index is 14.3. The predicted molar refractivity (Wildman–Crippen MR) is 114 cm³/mol. The number of nitrogens with zero attached hydrogens (tertiary/aromatic N) is 1. The summed E-state index contributed by atoms with van der Waals surface area (Å²) in [5, 5.41) is 0. The highest BCUT2D eigenvalue weighted by atomic mass is 19.1. The number of anilines is 2. The van der Waals surface area contributed by atoms with Crippen LogP contribution in [-0.2, 0) is 9.53 Å². The molecule has 158 valence electrons. The molecule has 0 N–H and O–H groups in total. The van der Waals surface area contributed by atoms with Gasteiger partial charge >= 0.3 is 5.97 Å². The molecule has 0 aliphatic rings. The first kappa shape index (κ1) is 22.9. The molecule has 2 aromatic carbocycles. The molecule has 0 saturated carbocycles. The third-order valence-electron chi connectivity index (χ3n) is 4.90. The van der Waals surface area contributed by atoms with E-state index in [4.69, 9.17) is 4.74 Å². The lowest BCUT2D eigenvalue weighted by atomic mass is 9.98. The second-order valence-electron chi connectivity index (χ2n) is 8.33. The molecule has 0 aliphatic carbocycles. The minimum absolute atomic E-state index is 0.0995. The molecule has 0 heterocycles. The molecule has 0 amide bonds. The zero-order valence-corrected chi connectivity index (χ0v) is 18.6. The molecule has 2 rings (SSSR count). The van der Waals surface area contributed by atoms with Crippen molar-refractivity contribution in [3.05, 3.63) is 58.2 Å². The van der Waals surface area contributed by atoms with E-state index in [0.717, 1.165) is 0 Å². The number of esters is 1. The predicted octanol–water partition coefficient (Wildman–Crippen LogP) is 6.31. The van der Waals surface area contributed by atoms with Crippen molar-refractivity contribution in [3.63, 3.8) is 0 Å². The first-order valence-corrected chi connectivity index (χ1v) is 9.97. The summed E-state index contributed by atoms with van der Waals surface area (Å²) >= 11 is 0. The quantitative estimate of drug-likeness (QED) is 0.529. The van der Waals surface area contributed by atoms with Crippen molar-refractivity contribution >= 4 is 17.3 Å². The summed E-state index contributed by atoms with van der Waals surface area (Å²) in [6, 6.07) is 6.22. The number of aryl methyl sites for hydroxylation is 4. The highest BCUT2D eigenvalue weighted by molar-refractivity contribution is 5.85. The standard InChI is InChI=1S/C24H31F2NO2/c1-13(2)23(24(28)29-14(3)4)27(19-9-15(5)21(25)16(6)10-19)20-11-17(7)22(26)18(8)12-20/h9-14,23H,1-8H3. The Hall–Kier alpha value is -2.43. The number of halogens is 2. The first-order chi connectivity index (χ1) is 13.4. The summed E-state index contributed by atoms with van der Waals surface area (Å²) in [7, 11) is 0. The van der Waals surface area contributed by atoms with E-state index in [1.165, 1.54) is 0 Å². The number of ether oxygens (including phenoxy) is 1. The van der Waals surface area contributed by atoms with Gasteiger partial charge in [0.2, 0.25) is 0 Å². The fourth-order valence-corrected chi connectivity index (χ4v) is 3.57. The van der Waals surface area contributed by atoms with Gasteiger partial charge in [-0.1, -0.05) is 13.8 Å². The van der Waals surface area contributed by atoms with Crippen LogP contribution in [0.15, 0.2) is 24.3 Å². The van der Waals surface area contributed by atoms with Gasteiger partial charge < -0.3 is 9.64 Å². The third kappa shape index (κ3) is 4.95. The lowest BCUT2D eigenvalue weighted by molar-refractivity contribution is -0.149. The van der Waals surface area contributed by atoms with Gasteiger partial charge in [-0.3, -0.25) is 0 Å². The maximum atomic E-state index is 14.3. The van der Waals surface area contributed by atoms with E-state index in [2.05, 4.69) is 0 Å². The summed E-state index contributed by atoms with van der Waals surface area (Å²) in [6.45, 7) is 14.3. The lowest BCUT2D eigenvalue weighted by Gasteiger charge is -2.36. The molecule has 0 radical (unpaired) electrons. The monoisotopic (exact) mass is 403 g/mol. The second kappa shape index (κ2) is 8.93. The van der Waals surface area contributed by atoms with Gasteiger partial charge in [-0.25, -0.2) is 13.6 Å². The molecule has 0 saturated heterocycles. The van der Waals surface area contributed by atoms with Gasteiger partial charge in [0.05, 0.1) is 6.10 Å². The fourth-order valence-electron chi connectivity index (χ4n) is 3.57. The normalized spacial score (nSPS) is 12.4. The van der Waals surface area contributed by atoms with Crippen molar-refractivity contribution < 1.29 is 18.3 Å². The van der Waals surface area contributed by atoms with Gasteiger partial charge in [-0.05, 0) is 94.0 Å². The average molecular weight is 404 g/mol. The van der Waals surface area contributed by atoms with E-state index in [0.29, 0.717) is 33.6 Å². The maximum Gasteiger partial charge on any atom is 0.329 e. The van der Waals surface area contributed by atoms with E-state index in [9.17, 15) is 13.6 Å². The van der Waals surface area contributed by atoms with E-state index < -0.39 is 6.04 Å². The Morgan fingerprint density at radius 1 is 0.793 bits per heavy atom. The highest BCUT2D eigenvalue weighted by Gasteiger charge is 2.33.